The highest BCUT2D eigenvalue weighted by atomic mass is 16.5. The first kappa shape index (κ1) is 14.6. The molecule has 2 amide bonds. The third-order valence-corrected chi connectivity index (χ3v) is 3.67. The summed E-state index contributed by atoms with van der Waals surface area (Å²) in [5, 5.41) is 15.4. The number of rotatable bonds is 3. The van der Waals surface area contributed by atoms with E-state index in [0.29, 0.717) is 0 Å². The lowest BCUT2D eigenvalue weighted by atomic mass is 10.1. The minimum absolute atomic E-state index is 0.250. The van der Waals surface area contributed by atoms with Crippen LogP contribution in [0.25, 0.3) is 10.4 Å². The Morgan fingerprint density at radius 1 is 1.55 bits per heavy atom. The van der Waals surface area contributed by atoms with Crippen molar-refractivity contribution >= 4 is 11.8 Å². The number of amides is 2. The van der Waals surface area contributed by atoms with E-state index in [-0.39, 0.29) is 24.8 Å². The van der Waals surface area contributed by atoms with Crippen LogP contribution in [0.5, 0.6) is 0 Å². The van der Waals surface area contributed by atoms with E-state index in [2.05, 4.69) is 15.3 Å². The second-order valence-electron chi connectivity index (χ2n) is 4.97. The summed E-state index contributed by atoms with van der Waals surface area (Å²) in [5.74, 6) is -0.506. The third-order valence-electron chi connectivity index (χ3n) is 3.67. The Balaban J connectivity index is 2.20. The van der Waals surface area contributed by atoms with Gasteiger partial charge in [0.2, 0.25) is 11.8 Å². The summed E-state index contributed by atoms with van der Waals surface area (Å²) in [4.78, 5) is 28.1. The Bertz CT molecular complexity index is 464. The van der Waals surface area contributed by atoms with Gasteiger partial charge in [-0.15, -0.1) is 0 Å². The molecule has 0 aromatic heterocycles. The molecule has 0 saturated carbocycles. The first-order valence-corrected chi connectivity index (χ1v) is 6.42. The van der Waals surface area contributed by atoms with Gasteiger partial charge in [0.1, 0.15) is 18.3 Å². The molecule has 5 atom stereocenters. The Morgan fingerprint density at radius 2 is 2.25 bits per heavy atom. The molecule has 2 aliphatic heterocycles. The van der Waals surface area contributed by atoms with Crippen LogP contribution in [0.2, 0.25) is 0 Å². The van der Waals surface area contributed by atoms with Crippen LogP contribution in [0.15, 0.2) is 5.11 Å². The van der Waals surface area contributed by atoms with Crippen molar-refractivity contribution in [1.82, 2.24) is 10.2 Å². The summed E-state index contributed by atoms with van der Waals surface area (Å²) in [6.45, 7) is 2.90. The van der Waals surface area contributed by atoms with Gasteiger partial charge in [-0.2, -0.15) is 0 Å². The van der Waals surface area contributed by atoms with Crippen molar-refractivity contribution in [2.24, 2.45) is 5.11 Å². The van der Waals surface area contributed by atoms with Crippen molar-refractivity contribution in [3.8, 4) is 0 Å². The summed E-state index contributed by atoms with van der Waals surface area (Å²) in [7, 11) is 0. The average Bonchev–Trinajstić information content (AvgIpc) is 2.80. The monoisotopic (exact) mass is 283 g/mol. The molecule has 0 radical (unpaired) electrons. The van der Waals surface area contributed by atoms with Crippen LogP contribution in [-0.2, 0) is 14.3 Å². The number of hydrogen-bond acceptors (Lipinski definition) is 5. The number of azide groups is 1. The Kier molecular flexibility index (Phi) is 4.12. The zero-order valence-corrected chi connectivity index (χ0v) is 11.3. The molecule has 0 unspecified atom stereocenters. The van der Waals surface area contributed by atoms with Crippen LogP contribution in [0.4, 0.5) is 0 Å². The first-order chi connectivity index (χ1) is 9.49. The fraction of sp³-hybridized carbons (Fsp3) is 0.818. The largest absolute Gasteiger partial charge is 0.394 e. The lowest BCUT2D eigenvalue weighted by Crippen LogP contribution is -2.64. The summed E-state index contributed by atoms with van der Waals surface area (Å²) in [5.41, 5.74) is 8.50. The second-order valence-corrected chi connectivity index (χ2v) is 4.97. The van der Waals surface area contributed by atoms with Gasteiger partial charge in [-0.3, -0.25) is 9.59 Å². The van der Waals surface area contributed by atoms with E-state index in [4.69, 9.17) is 10.3 Å². The highest BCUT2D eigenvalue weighted by Crippen LogP contribution is 2.28. The van der Waals surface area contributed by atoms with E-state index in [1.165, 1.54) is 4.90 Å². The number of aliphatic hydroxyl groups is 1. The number of nitrogens with one attached hydrogen (secondary N) is 1. The van der Waals surface area contributed by atoms with E-state index >= 15 is 0 Å². The van der Waals surface area contributed by atoms with E-state index in [9.17, 15) is 14.7 Å². The van der Waals surface area contributed by atoms with Crippen molar-refractivity contribution in [3.63, 3.8) is 0 Å². The average molecular weight is 283 g/mol. The number of carbonyl (C=O) groups excluding carboxylic acids is 2. The SMILES string of the molecule is C[C@@H]1NC(=O)[C@H](C)N([C@H]2C[C@H](N=[N+]=[N-])[C@@H](CO)O2)C1=O. The Hall–Kier alpha value is -1.83. The van der Waals surface area contributed by atoms with Crippen molar-refractivity contribution in [1.29, 1.82) is 0 Å². The molecule has 2 aliphatic rings. The van der Waals surface area contributed by atoms with Crippen molar-refractivity contribution < 1.29 is 19.4 Å². The molecule has 110 valence electrons. The van der Waals surface area contributed by atoms with E-state index in [1.807, 2.05) is 0 Å². The minimum atomic E-state index is -0.668. The van der Waals surface area contributed by atoms with Gasteiger partial charge in [-0.25, -0.2) is 0 Å². The van der Waals surface area contributed by atoms with Gasteiger partial charge in [0, 0.05) is 11.3 Å². The van der Waals surface area contributed by atoms with Crippen LogP contribution in [0.3, 0.4) is 0 Å². The van der Waals surface area contributed by atoms with E-state index in [1.54, 1.807) is 13.8 Å². The summed E-state index contributed by atoms with van der Waals surface area (Å²) >= 11 is 0. The normalized spacial score (nSPS) is 37.5. The topological polar surface area (TPSA) is 128 Å². The third kappa shape index (κ3) is 2.43. The zero-order valence-electron chi connectivity index (χ0n) is 11.3. The quantitative estimate of drug-likeness (QED) is 0.411. The molecular formula is C11H17N5O4. The maximum atomic E-state index is 12.2. The van der Waals surface area contributed by atoms with E-state index < -0.39 is 30.5 Å². The predicted octanol–water partition coefficient (Wildman–Crippen LogP) is -0.492. The molecule has 0 bridgehead atoms. The first-order valence-electron chi connectivity index (χ1n) is 6.42. The van der Waals surface area contributed by atoms with Gasteiger partial charge in [-0.05, 0) is 19.4 Å². The molecule has 2 heterocycles. The molecule has 0 aliphatic carbocycles. The number of hydrogen-bond donors (Lipinski definition) is 2. The molecule has 9 heteroatoms. The summed E-state index contributed by atoms with van der Waals surface area (Å²) in [6, 6.07) is -1.82. The number of aliphatic hydroxyl groups excluding tert-OH is 1. The lowest BCUT2D eigenvalue weighted by molar-refractivity contribution is -0.164. The van der Waals surface area contributed by atoms with Crippen molar-refractivity contribution in [3.05, 3.63) is 10.4 Å². The van der Waals surface area contributed by atoms with E-state index in [0.717, 1.165) is 0 Å². The number of nitrogens with zero attached hydrogens (tertiary/aromatic N) is 4. The lowest BCUT2D eigenvalue weighted by Gasteiger charge is -2.39. The molecule has 2 saturated heterocycles. The fourth-order valence-corrected chi connectivity index (χ4v) is 2.57. The minimum Gasteiger partial charge on any atom is -0.394 e. The molecule has 2 N–H and O–H groups in total. The summed E-state index contributed by atoms with van der Waals surface area (Å²) in [6.07, 6.45) is -1.06. The molecular weight excluding hydrogens is 266 g/mol. The van der Waals surface area contributed by atoms with Gasteiger partial charge in [0.15, 0.2) is 0 Å². The van der Waals surface area contributed by atoms with Gasteiger partial charge in [0.05, 0.1) is 18.8 Å². The molecule has 2 rings (SSSR count). The Labute approximate surface area is 115 Å². The molecule has 20 heavy (non-hydrogen) atoms. The highest BCUT2D eigenvalue weighted by Gasteiger charge is 2.45. The van der Waals surface area contributed by atoms with Crippen LogP contribution >= 0.6 is 0 Å². The fourth-order valence-electron chi connectivity index (χ4n) is 2.57. The predicted molar refractivity (Wildman–Crippen MR) is 67.2 cm³/mol. The standard InChI is InChI=1S/C11H17N5O4/c1-5-11(19)16(6(2)10(18)13-5)9-3-7(14-15-12)8(4-17)20-9/h5-9,17H,3-4H2,1-2H3,(H,13,18)/t5-,6-,7-,8+,9+/m0/s1. The maximum Gasteiger partial charge on any atom is 0.247 e. The number of carbonyl (C=O) groups is 2. The maximum absolute atomic E-state index is 12.2. The smallest absolute Gasteiger partial charge is 0.247 e. The Morgan fingerprint density at radius 3 is 2.85 bits per heavy atom. The van der Waals surface area contributed by atoms with Crippen LogP contribution in [0, 0.1) is 0 Å². The van der Waals surface area contributed by atoms with Crippen molar-refractivity contribution in [2.45, 2.75) is 50.7 Å². The molecule has 0 aromatic rings. The summed E-state index contributed by atoms with van der Waals surface area (Å²) < 4.78 is 5.56. The van der Waals surface area contributed by atoms with Gasteiger partial charge in [0.25, 0.3) is 0 Å². The molecule has 0 aromatic carbocycles. The van der Waals surface area contributed by atoms with Gasteiger partial charge >= 0.3 is 0 Å². The molecule has 2 fully saturated rings. The second kappa shape index (κ2) is 5.66. The molecule has 9 nitrogen and oxygen atoms in total. The van der Waals surface area contributed by atoms with Crippen LogP contribution in [0.1, 0.15) is 20.3 Å². The molecule has 0 spiro atoms. The number of piperazine rings is 1. The van der Waals surface area contributed by atoms with Gasteiger partial charge in [-0.1, -0.05) is 5.11 Å². The zero-order chi connectivity index (χ0) is 14.9. The van der Waals surface area contributed by atoms with Crippen LogP contribution < -0.4 is 5.32 Å². The van der Waals surface area contributed by atoms with Crippen molar-refractivity contribution in [2.75, 3.05) is 6.61 Å². The van der Waals surface area contributed by atoms with Gasteiger partial charge < -0.3 is 20.1 Å². The number of ether oxygens (including phenoxy) is 1. The van der Waals surface area contributed by atoms with Crippen LogP contribution in [-0.4, -0.2) is 58.9 Å². The highest BCUT2D eigenvalue weighted by molar-refractivity contribution is 5.96.